The van der Waals surface area contributed by atoms with Crippen molar-refractivity contribution in [3.8, 4) is 0 Å². The number of rotatable bonds is 9. The summed E-state index contributed by atoms with van der Waals surface area (Å²) in [6.07, 6.45) is 9.06. The monoisotopic (exact) mass is 630 g/mol. The van der Waals surface area contributed by atoms with Crippen LogP contribution in [0.1, 0.15) is 64.4 Å². The van der Waals surface area contributed by atoms with Crippen molar-refractivity contribution in [3.63, 3.8) is 0 Å². The Morgan fingerprint density at radius 3 is 2.07 bits per heavy atom. The van der Waals surface area contributed by atoms with Crippen molar-refractivity contribution in [3.05, 3.63) is 57.9 Å². The van der Waals surface area contributed by atoms with Gasteiger partial charge in [0.2, 0.25) is 17.8 Å². The van der Waals surface area contributed by atoms with Gasteiger partial charge in [0.1, 0.15) is 11.5 Å². The molecule has 3 aliphatic heterocycles. The van der Waals surface area contributed by atoms with E-state index in [0.29, 0.717) is 40.7 Å². The number of nitrogens with one attached hydrogen (secondary N) is 2. The molecule has 3 fully saturated rings. The fraction of sp³-hybridized carbons (Fsp3) is 0.515. The predicted molar refractivity (Wildman–Crippen MR) is 181 cm³/mol. The molecular formula is C33H43FN10O2. The van der Waals surface area contributed by atoms with E-state index in [1.165, 1.54) is 12.1 Å². The van der Waals surface area contributed by atoms with Crippen LogP contribution in [-0.4, -0.2) is 65.4 Å². The third kappa shape index (κ3) is 7.63. The third-order valence-electron chi connectivity index (χ3n) is 9.30. The lowest BCUT2D eigenvalue weighted by Crippen LogP contribution is -2.35. The van der Waals surface area contributed by atoms with Crippen LogP contribution in [0.25, 0.3) is 0 Å². The van der Waals surface area contributed by atoms with E-state index in [1.54, 1.807) is 24.4 Å². The molecule has 4 heterocycles. The summed E-state index contributed by atoms with van der Waals surface area (Å²) in [5.41, 5.74) is 5.97. The Labute approximate surface area is 269 Å². The molecule has 6 rings (SSSR count). The summed E-state index contributed by atoms with van der Waals surface area (Å²) < 4.78 is 13.5. The molecule has 0 aliphatic carbocycles. The quantitative estimate of drug-likeness (QED) is 0.152. The molecule has 2 N–H and O–H groups in total. The lowest BCUT2D eigenvalue weighted by atomic mass is 9.96. The van der Waals surface area contributed by atoms with Gasteiger partial charge in [0, 0.05) is 62.3 Å². The van der Waals surface area contributed by atoms with Gasteiger partial charge in [-0.05, 0) is 87.1 Å². The number of aromatic nitrogens is 3. The summed E-state index contributed by atoms with van der Waals surface area (Å²) in [6, 6.07) is 9.63. The first kappa shape index (κ1) is 31.4. The van der Waals surface area contributed by atoms with Gasteiger partial charge in [-0.25, -0.2) is 9.82 Å². The Balaban J connectivity index is 1.31. The van der Waals surface area contributed by atoms with E-state index in [0.717, 1.165) is 89.9 Å². The zero-order valence-electron chi connectivity index (χ0n) is 26.7. The molecular weight excluding hydrogens is 587 g/mol. The van der Waals surface area contributed by atoms with Crippen molar-refractivity contribution in [1.29, 1.82) is 0 Å². The van der Waals surface area contributed by atoms with Gasteiger partial charge in [-0.1, -0.05) is 13.8 Å². The summed E-state index contributed by atoms with van der Waals surface area (Å²) in [6.45, 7) is 9.57. The SMILES string of the molecule is CC1CCN(c2cc(N3CCC(C)CC3)c([N+](=O)[O-])cc2/C=N\Nc2nc(Nc3ccc(F)cc3)nc(N3CCCCC3)n2)CC1. The maximum absolute atomic E-state index is 13.5. The maximum atomic E-state index is 13.5. The molecule has 2 aromatic carbocycles. The molecule has 0 unspecified atom stereocenters. The summed E-state index contributed by atoms with van der Waals surface area (Å²) in [4.78, 5) is 32.5. The van der Waals surface area contributed by atoms with Crippen LogP contribution in [0, 0.1) is 27.8 Å². The van der Waals surface area contributed by atoms with Crippen LogP contribution in [0.4, 0.5) is 45.0 Å². The van der Waals surface area contributed by atoms with Crippen molar-refractivity contribution in [1.82, 2.24) is 15.0 Å². The molecule has 3 saturated heterocycles. The summed E-state index contributed by atoms with van der Waals surface area (Å²) in [5.74, 6) is 2.00. The number of hydrogen-bond donors (Lipinski definition) is 2. The minimum Gasteiger partial charge on any atom is -0.371 e. The standard InChI is InChI=1S/C33H43FN10O2/c1-23-10-16-41(17-11-23)28-21-29(42-18-12-24(2)13-19-42)30(44(45)46)20-25(28)22-35-40-32-37-31(36-27-8-6-26(34)7-9-27)38-33(39-32)43-14-4-3-5-15-43/h6-9,20-24H,3-5,10-19H2,1-2H3,(H2,36,37,38,39,40)/b35-22-. The first-order chi connectivity index (χ1) is 22.3. The van der Waals surface area contributed by atoms with Crippen molar-refractivity contribution in [2.75, 3.05) is 64.7 Å². The van der Waals surface area contributed by atoms with E-state index in [1.807, 2.05) is 6.07 Å². The highest BCUT2D eigenvalue weighted by Gasteiger charge is 2.28. The molecule has 0 saturated carbocycles. The third-order valence-corrected chi connectivity index (χ3v) is 9.30. The molecule has 1 aromatic heterocycles. The predicted octanol–water partition coefficient (Wildman–Crippen LogP) is 6.57. The lowest BCUT2D eigenvalue weighted by molar-refractivity contribution is -0.384. The van der Waals surface area contributed by atoms with Crippen LogP contribution in [-0.2, 0) is 0 Å². The second kappa shape index (κ2) is 14.3. The molecule has 12 nitrogen and oxygen atoms in total. The normalized spacial score (nSPS) is 18.3. The second-order valence-electron chi connectivity index (χ2n) is 12.8. The minimum absolute atomic E-state index is 0.0865. The number of nitro benzene ring substituents is 1. The van der Waals surface area contributed by atoms with Crippen molar-refractivity contribution < 1.29 is 9.31 Å². The number of anilines is 6. The van der Waals surface area contributed by atoms with Crippen LogP contribution in [0.5, 0.6) is 0 Å². The second-order valence-corrected chi connectivity index (χ2v) is 12.8. The van der Waals surface area contributed by atoms with Crippen LogP contribution >= 0.6 is 0 Å². The molecule has 0 spiro atoms. The Hall–Kier alpha value is -4.55. The minimum atomic E-state index is -0.330. The van der Waals surface area contributed by atoms with Gasteiger partial charge in [0.05, 0.1) is 11.1 Å². The largest absolute Gasteiger partial charge is 0.371 e. The Morgan fingerprint density at radius 2 is 1.43 bits per heavy atom. The van der Waals surface area contributed by atoms with E-state index < -0.39 is 0 Å². The molecule has 244 valence electrons. The number of nitrogens with zero attached hydrogens (tertiary/aromatic N) is 8. The highest BCUT2D eigenvalue weighted by molar-refractivity contribution is 5.92. The van der Waals surface area contributed by atoms with Crippen LogP contribution in [0.15, 0.2) is 41.5 Å². The number of benzene rings is 2. The van der Waals surface area contributed by atoms with Gasteiger partial charge in [-0.15, -0.1) is 0 Å². The summed E-state index contributed by atoms with van der Waals surface area (Å²) in [7, 11) is 0. The van der Waals surface area contributed by atoms with Crippen LogP contribution < -0.4 is 25.4 Å². The molecule has 46 heavy (non-hydrogen) atoms. The van der Waals surface area contributed by atoms with E-state index in [4.69, 9.17) is 0 Å². The number of piperidine rings is 3. The number of halogens is 1. The zero-order valence-corrected chi connectivity index (χ0v) is 26.7. The summed E-state index contributed by atoms with van der Waals surface area (Å²) >= 11 is 0. The average molecular weight is 631 g/mol. The molecule has 3 aliphatic rings. The van der Waals surface area contributed by atoms with Gasteiger partial charge in [0.25, 0.3) is 5.69 Å². The van der Waals surface area contributed by atoms with Gasteiger partial charge in [-0.2, -0.15) is 20.1 Å². The van der Waals surface area contributed by atoms with Crippen LogP contribution in [0.3, 0.4) is 0 Å². The molecule has 13 heteroatoms. The smallest absolute Gasteiger partial charge is 0.293 e. The zero-order chi connectivity index (χ0) is 32.0. The Kier molecular flexibility index (Phi) is 9.74. The van der Waals surface area contributed by atoms with Gasteiger partial charge in [0.15, 0.2) is 0 Å². The topological polar surface area (TPSA) is 128 Å². The fourth-order valence-corrected chi connectivity index (χ4v) is 6.39. The molecule has 0 amide bonds. The summed E-state index contributed by atoms with van der Waals surface area (Å²) in [5, 5.41) is 20.0. The molecule has 0 atom stereocenters. The average Bonchev–Trinajstić information content (AvgIpc) is 3.07. The maximum Gasteiger partial charge on any atom is 0.293 e. The Morgan fingerprint density at radius 1 is 0.826 bits per heavy atom. The van der Waals surface area contributed by atoms with Crippen molar-refractivity contribution in [2.24, 2.45) is 16.9 Å². The molecule has 0 radical (unpaired) electrons. The first-order valence-corrected chi connectivity index (χ1v) is 16.5. The van der Waals surface area contributed by atoms with E-state index in [-0.39, 0.29) is 22.4 Å². The van der Waals surface area contributed by atoms with Gasteiger partial charge in [-0.3, -0.25) is 10.1 Å². The molecule has 0 bridgehead atoms. The number of hydrazone groups is 1. The number of hydrogen-bond acceptors (Lipinski definition) is 11. The highest BCUT2D eigenvalue weighted by atomic mass is 19.1. The fourth-order valence-electron chi connectivity index (χ4n) is 6.39. The highest BCUT2D eigenvalue weighted by Crippen LogP contribution is 2.38. The first-order valence-electron chi connectivity index (χ1n) is 16.5. The van der Waals surface area contributed by atoms with Crippen molar-refractivity contribution >= 4 is 46.8 Å². The van der Waals surface area contributed by atoms with E-state index in [2.05, 4.69) is 59.3 Å². The molecule has 3 aromatic rings. The van der Waals surface area contributed by atoms with E-state index >= 15 is 0 Å². The van der Waals surface area contributed by atoms with Crippen LogP contribution in [0.2, 0.25) is 0 Å². The van der Waals surface area contributed by atoms with Crippen molar-refractivity contribution in [2.45, 2.75) is 58.8 Å². The van der Waals surface area contributed by atoms with E-state index in [9.17, 15) is 14.5 Å². The lowest BCUT2D eigenvalue weighted by Gasteiger charge is -2.35. The number of nitro groups is 1. The Bertz CT molecular complexity index is 1530. The van der Waals surface area contributed by atoms with Gasteiger partial charge < -0.3 is 20.0 Å². The van der Waals surface area contributed by atoms with Gasteiger partial charge >= 0.3 is 0 Å².